The quantitative estimate of drug-likeness (QED) is 0.773. The van der Waals surface area contributed by atoms with Crippen molar-refractivity contribution in [1.82, 2.24) is 15.5 Å². The lowest BCUT2D eigenvalue weighted by Crippen LogP contribution is -2.65. The molecule has 0 aromatic rings. The van der Waals surface area contributed by atoms with Gasteiger partial charge in [-0.2, -0.15) is 0 Å². The van der Waals surface area contributed by atoms with Gasteiger partial charge in [0.05, 0.1) is 0 Å². The van der Waals surface area contributed by atoms with Crippen LogP contribution in [0.2, 0.25) is 0 Å². The van der Waals surface area contributed by atoms with Crippen molar-refractivity contribution in [2.75, 3.05) is 26.2 Å². The number of nitrogens with zero attached hydrogens (tertiary/aromatic N) is 1. The molecule has 4 bridgehead atoms. The van der Waals surface area contributed by atoms with E-state index >= 15 is 0 Å². The number of carbonyl (C=O) groups excluding carboxylic acids is 2. The van der Waals surface area contributed by atoms with Crippen LogP contribution in [-0.4, -0.2) is 48.4 Å². The number of rotatable bonds is 3. The molecule has 5 heteroatoms. The highest BCUT2D eigenvalue weighted by atomic mass is 16.2. The third-order valence-corrected chi connectivity index (χ3v) is 6.81. The summed E-state index contributed by atoms with van der Waals surface area (Å²) >= 11 is 0. The zero-order valence-corrected chi connectivity index (χ0v) is 15.1. The first-order valence-electron chi connectivity index (χ1n) is 9.59. The van der Waals surface area contributed by atoms with Crippen LogP contribution in [0.4, 0.5) is 0 Å². The van der Waals surface area contributed by atoms with Crippen LogP contribution in [0.3, 0.4) is 0 Å². The van der Waals surface area contributed by atoms with Crippen LogP contribution in [0, 0.1) is 16.7 Å². The van der Waals surface area contributed by atoms with Gasteiger partial charge in [0.25, 0.3) is 0 Å². The monoisotopic (exact) mass is 333 g/mol. The number of hydrogen-bond acceptors (Lipinski definition) is 3. The normalized spacial score (nSPS) is 43.8. The molecular weight excluding hydrogens is 302 g/mol. The Hall–Kier alpha value is -1.10. The molecule has 5 aliphatic rings. The van der Waals surface area contributed by atoms with Crippen LogP contribution < -0.4 is 10.6 Å². The number of nitrogens with one attached hydrogen (secondary N) is 2. The Balaban J connectivity index is 1.41. The molecule has 4 aliphatic carbocycles. The first-order valence-corrected chi connectivity index (χ1v) is 9.59. The van der Waals surface area contributed by atoms with Gasteiger partial charge in [0, 0.05) is 31.7 Å². The summed E-state index contributed by atoms with van der Waals surface area (Å²) in [5, 5.41) is 6.58. The van der Waals surface area contributed by atoms with E-state index in [4.69, 9.17) is 0 Å². The predicted molar refractivity (Wildman–Crippen MR) is 92.3 cm³/mol. The summed E-state index contributed by atoms with van der Waals surface area (Å²) < 4.78 is 0. The molecule has 1 aliphatic heterocycles. The average molecular weight is 333 g/mol. The second-order valence-electron chi connectivity index (χ2n) is 9.77. The molecule has 1 heterocycles. The van der Waals surface area contributed by atoms with E-state index in [9.17, 15) is 9.59 Å². The number of amides is 2. The fourth-order valence-corrected chi connectivity index (χ4v) is 7.09. The van der Waals surface area contributed by atoms with E-state index in [2.05, 4.69) is 24.5 Å². The van der Waals surface area contributed by atoms with Gasteiger partial charge in [-0.15, -0.1) is 0 Å². The molecule has 2 unspecified atom stereocenters. The van der Waals surface area contributed by atoms with Crippen LogP contribution in [0.15, 0.2) is 0 Å². The standard InChI is InChI=1S/C19H31N3O2/c1-17-8-14-9-18(2,11-17)13-19(10-14,12-17)21-15(23)7-16(24)22-5-3-20-4-6-22/h14,20H,3-13H2,1-2H3,(H,21,23). The summed E-state index contributed by atoms with van der Waals surface area (Å²) in [5.74, 6) is 0.671. The van der Waals surface area contributed by atoms with Gasteiger partial charge in [-0.1, -0.05) is 13.8 Å². The Labute approximate surface area is 144 Å². The number of piperazine rings is 1. The van der Waals surface area contributed by atoms with Crippen molar-refractivity contribution < 1.29 is 9.59 Å². The topological polar surface area (TPSA) is 61.4 Å². The molecule has 0 radical (unpaired) electrons. The highest BCUT2D eigenvalue weighted by Gasteiger charge is 2.60. The summed E-state index contributed by atoms with van der Waals surface area (Å²) in [6.07, 6.45) is 7.26. The smallest absolute Gasteiger partial charge is 0.232 e. The molecule has 134 valence electrons. The lowest BCUT2D eigenvalue weighted by atomic mass is 9.43. The second kappa shape index (κ2) is 5.45. The van der Waals surface area contributed by atoms with Crippen molar-refractivity contribution in [1.29, 1.82) is 0 Å². The van der Waals surface area contributed by atoms with E-state index in [0.717, 1.165) is 51.4 Å². The maximum Gasteiger partial charge on any atom is 0.232 e. The number of carbonyl (C=O) groups is 2. The largest absolute Gasteiger partial charge is 0.350 e. The molecule has 5 rings (SSSR count). The third-order valence-electron chi connectivity index (χ3n) is 6.81. The molecule has 2 atom stereocenters. The van der Waals surface area contributed by atoms with Gasteiger partial charge < -0.3 is 15.5 Å². The summed E-state index contributed by atoms with van der Waals surface area (Å²) in [6, 6.07) is 0. The Morgan fingerprint density at radius 1 is 1.04 bits per heavy atom. The van der Waals surface area contributed by atoms with Gasteiger partial charge in [0.1, 0.15) is 6.42 Å². The third kappa shape index (κ3) is 2.96. The van der Waals surface area contributed by atoms with Gasteiger partial charge in [-0.05, 0) is 55.3 Å². The molecule has 5 fully saturated rings. The zero-order chi connectivity index (χ0) is 17.0. The van der Waals surface area contributed by atoms with Gasteiger partial charge >= 0.3 is 0 Å². The summed E-state index contributed by atoms with van der Waals surface area (Å²) in [4.78, 5) is 26.8. The molecule has 0 aromatic heterocycles. The first kappa shape index (κ1) is 16.4. The molecular formula is C19H31N3O2. The fraction of sp³-hybridized carbons (Fsp3) is 0.895. The van der Waals surface area contributed by atoms with E-state index in [0.29, 0.717) is 10.8 Å². The average Bonchev–Trinajstić information content (AvgIpc) is 2.43. The van der Waals surface area contributed by atoms with Crippen molar-refractivity contribution in [3.8, 4) is 0 Å². The van der Waals surface area contributed by atoms with Crippen LogP contribution >= 0.6 is 0 Å². The minimum absolute atomic E-state index is 0.0137. The van der Waals surface area contributed by atoms with E-state index in [1.165, 1.54) is 19.3 Å². The first-order chi connectivity index (χ1) is 11.3. The minimum atomic E-state index is -0.0623. The highest BCUT2D eigenvalue weighted by molar-refractivity contribution is 5.97. The van der Waals surface area contributed by atoms with Crippen LogP contribution in [-0.2, 0) is 9.59 Å². The van der Waals surface area contributed by atoms with E-state index in [-0.39, 0.29) is 23.8 Å². The molecule has 24 heavy (non-hydrogen) atoms. The van der Waals surface area contributed by atoms with Crippen molar-refractivity contribution in [2.45, 2.75) is 64.3 Å². The lowest BCUT2D eigenvalue weighted by molar-refractivity contribution is -0.144. The fourth-order valence-electron chi connectivity index (χ4n) is 7.09. The van der Waals surface area contributed by atoms with Crippen LogP contribution in [0.5, 0.6) is 0 Å². The Kier molecular flexibility index (Phi) is 3.72. The summed E-state index contributed by atoms with van der Waals surface area (Å²) in [5.41, 5.74) is 0.706. The minimum Gasteiger partial charge on any atom is -0.350 e. The van der Waals surface area contributed by atoms with Crippen molar-refractivity contribution in [2.24, 2.45) is 16.7 Å². The van der Waals surface area contributed by atoms with Gasteiger partial charge in [-0.25, -0.2) is 0 Å². The highest BCUT2D eigenvalue weighted by Crippen LogP contribution is 2.66. The predicted octanol–water partition coefficient (Wildman–Crippen LogP) is 1.67. The van der Waals surface area contributed by atoms with Crippen molar-refractivity contribution >= 4 is 11.8 Å². The zero-order valence-electron chi connectivity index (χ0n) is 15.1. The van der Waals surface area contributed by atoms with Gasteiger partial charge in [0.2, 0.25) is 11.8 Å². The van der Waals surface area contributed by atoms with E-state index in [1.807, 2.05) is 4.90 Å². The lowest BCUT2D eigenvalue weighted by Gasteiger charge is -2.65. The molecule has 0 spiro atoms. The summed E-state index contributed by atoms with van der Waals surface area (Å²) in [6.45, 7) is 7.90. The molecule has 0 aromatic carbocycles. The van der Waals surface area contributed by atoms with Crippen LogP contribution in [0.1, 0.15) is 58.8 Å². The van der Waals surface area contributed by atoms with Crippen molar-refractivity contribution in [3.63, 3.8) is 0 Å². The number of hydrogen-bond donors (Lipinski definition) is 2. The Morgan fingerprint density at radius 2 is 1.67 bits per heavy atom. The Bertz CT molecular complexity index is 537. The molecule has 2 N–H and O–H groups in total. The van der Waals surface area contributed by atoms with E-state index < -0.39 is 0 Å². The molecule has 2 amide bonds. The molecule has 5 nitrogen and oxygen atoms in total. The van der Waals surface area contributed by atoms with Gasteiger partial charge in [0.15, 0.2) is 0 Å². The maximum atomic E-state index is 12.6. The Morgan fingerprint density at radius 3 is 2.25 bits per heavy atom. The molecule has 4 saturated carbocycles. The summed E-state index contributed by atoms with van der Waals surface area (Å²) in [7, 11) is 0. The second-order valence-corrected chi connectivity index (χ2v) is 9.77. The van der Waals surface area contributed by atoms with E-state index in [1.54, 1.807) is 0 Å². The van der Waals surface area contributed by atoms with Crippen molar-refractivity contribution in [3.05, 3.63) is 0 Å². The SMILES string of the molecule is CC12CC3CC(C)(C1)CC(NC(=O)CC(=O)N1CCNCC1)(C3)C2. The van der Waals surface area contributed by atoms with Crippen LogP contribution in [0.25, 0.3) is 0 Å². The molecule has 1 saturated heterocycles. The maximum absolute atomic E-state index is 12.6. The van der Waals surface area contributed by atoms with Gasteiger partial charge in [-0.3, -0.25) is 9.59 Å².